The summed E-state index contributed by atoms with van der Waals surface area (Å²) in [7, 11) is 0. The van der Waals surface area contributed by atoms with Crippen molar-refractivity contribution in [2.45, 2.75) is 27.1 Å². The van der Waals surface area contributed by atoms with Crippen molar-refractivity contribution in [3.05, 3.63) is 0 Å². The van der Waals surface area contributed by atoms with Crippen LogP contribution in [0.25, 0.3) is 0 Å². The maximum Gasteiger partial charge on any atom is 0.324 e. The quantitative estimate of drug-likeness (QED) is 0.206. The van der Waals surface area contributed by atoms with Crippen molar-refractivity contribution in [1.82, 2.24) is 0 Å². The molecule has 0 bridgehead atoms. The first-order valence-corrected chi connectivity index (χ1v) is 7.66. The molecule has 0 saturated heterocycles. The molecule has 0 aromatic carbocycles. The largest absolute Gasteiger partial charge is 0.441 e. The van der Waals surface area contributed by atoms with Crippen LogP contribution in [0.3, 0.4) is 0 Å². The molecule has 11 heteroatoms. The smallest absolute Gasteiger partial charge is 0.324 e. The normalized spacial score (nSPS) is 14.8. The molecule has 2 unspecified atom stereocenters. The molecule has 0 heterocycles. The summed E-state index contributed by atoms with van der Waals surface area (Å²) in [6, 6.07) is -1.11. The molecule has 0 aromatic heterocycles. The third-order valence-electron chi connectivity index (χ3n) is 1.86. The fraction of sp³-hybridized carbons (Fsp3) is 0.556. The first-order valence-electron chi connectivity index (χ1n) is 5.17. The Hall–Kier alpha value is -0.700. The van der Waals surface area contributed by atoms with Gasteiger partial charge in [0.05, 0.1) is 0 Å². The van der Waals surface area contributed by atoms with E-state index in [4.69, 9.17) is 17.2 Å². The van der Waals surface area contributed by atoms with Gasteiger partial charge in [-0.1, -0.05) is 0 Å². The van der Waals surface area contributed by atoms with Crippen LogP contribution in [0.5, 0.6) is 0 Å². The maximum absolute atomic E-state index is 11.4. The second kappa shape index (κ2) is 9.28. The van der Waals surface area contributed by atoms with Gasteiger partial charge in [0.25, 0.3) is 11.8 Å². The summed E-state index contributed by atoms with van der Waals surface area (Å²) >= 11 is 3.08. The van der Waals surface area contributed by atoms with E-state index in [1.165, 1.54) is 22.6 Å². The summed E-state index contributed by atoms with van der Waals surface area (Å²) in [4.78, 5) is 44.1. The van der Waals surface area contributed by atoms with Crippen molar-refractivity contribution >= 4 is 68.9 Å². The lowest BCUT2D eigenvalue weighted by molar-refractivity contribution is -0.152. The lowest BCUT2D eigenvalue weighted by atomic mass is 10.2. The summed E-state index contributed by atoms with van der Waals surface area (Å²) in [5.41, 5.74) is 15.3. The Morgan fingerprint density at radius 2 is 1.40 bits per heavy atom. The van der Waals surface area contributed by atoms with E-state index in [1.54, 1.807) is 22.6 Å². The van der Waals surface area contributed by atoms with Gasteiger partial charge in [0, 0.05) is 6.42 Å². The minimum Gasteiger partial charge on any atom is -0.441 e. The number of nitrogens with two attached hydrogens (primary N) is 3. The molecule has 6 N–H and O–H groups in total. The fourth-order valence-electron chi connectivity index (χ4n) is 0.871. The number of hydrogen-bond donors (Lipinski definition) is 3. The summed E-state index contributed by atoms with van der Waals surface area (Å²) in [6.45, 7) is 0. The van der Waals surface area contributed by atoms with Gasteiger partial charge in [-0.15, -0.1) is 0 Å². The number of carbonyl (C=O) groups excluding carboxylic acids is 4. The maximum atomic E-state index is 11.4. The Morgan fingerprint density at radius 3 is 1.85 bits per heavy atom. The van der Waals surface area contributed by atoms with E-state index < -0.39 is 38.0 Å². The van der Waals surface area contributed by atoms with E-state index in [1.807, 2.05) is 0 Å². The predicted molar refractivity (Wildman–Crippen MR) is 83.4 cm³/mol. The van der Waals surface area contributed by atoms with E-state index >= 15 is 0 Å². The number of alkyl halides is 2. The molecule has 0 radical (unpaired) electrons. The number of ether oxygens (including phenoxy) is 2. The number of amides is 2. The van der Waals surface area contributed by atoms with Crippen LogP contribution in [0.2, 0.25) is 0 Å². The van der Waals surface area contributed by atoms with E-state index in [9.17, 15) is 19.2 Å². The van der Waals surface area contributed by atoms with Crippen molar-refractivity contribution in [2.24, 2.45) is 17.2 Å². The molecule has 20 heavy (non-hydrogen) atoms. The molecule has 3 atom stereocenters. The van der Waals surface area contributed by atoms with Gasteiger partial charge >= 0.3 is 11.9 Å². The van der Waals surface area contributed by atoms with Crippen LogP contribution < -0.4 is 17.2 Å². The van der Waals surface area contributed by atoms with Gasteiger partial charge in [-0.2, -0.15) is 0 Å². The third kappa shape index (κ3) is 7.78. The van der Waals surface area contributed by atoms with Gasteiger partial charge < -0.3 is 26.7 Å². The van der Waals surface area contributed by atoms with E-state index in [0.29, 0.717) is 0 Å². The average molecular weight is 513 g/mol. The Kier molecular flexibility index (Phi) is 8.95. The second-order valence-corrected chi connectivity index (χ2v) is 5.77. The molecule has 0 aromatic rings. The van der Waals surface area contributed by atoms with Crippen LogP contribution in [0.15, 0.2) is 0 Å². The van der Waals surface area contributed by atoms with Gasteiger partial charge in [0.2, 0.25) is 8.22 Å². The predicted octanol–water partition coefficient (Wildman–Crippen LogP) is -1.33. The number of primary amides is 2. The van der Waals surface area contributed by atoms with Crippen molar-refractivity contribution in [3.8, 4) is 0 Å². The highest BCUT2D eigenvalue weighted by molar-refractivity contribution is 14.1. The summed E-state index contributed by atoms with van der Waals surface area (Å²) in [5, 5.41) is 0. The number of carbonyl (C=O) groups is 4. The van der Waals surface area contributed by atoms with E-state index in [2.05, 4.69) is 9.47 Å². The molecule has 0 aliphatic heterocycles. The van der Waals surface area contributed by atoms with Crippen molar-refractivity contribution in [3.63, 3.8) is 0 Å². The Morgan fingerprint density at radius 1 is 0.950 bits per heavy atom. The highest BCUT2D eigenvalue weighted by Gasteiger charge is 2.23. The fourth-order valence-corrected chi connectivity index (χ4v) is 1.41. The molecule has 2 amide bonds. The van der Waals surface area contributed by atoms with Crippen molar-refractivity contribution < 1.29 is 28.7 Å². The number of halogens is 2. The number of esters is 2. The molecule has 0 spiro atoms. The van der Waals surface area contributed by atoms with Crippen LogP contribution in [-0.4, -0.2) is 38.0 Å². The van der Waals surface area contributed by atoms with Gasteiger partial charge in [0.15, 0.2) is 0 Å². The van der Waals surface area contributed by atoms with Crippen LogP contribution in [0.4, 0.5) is 0 Å². The molecular weight excluding hydrogens is 500 g/mol. The van der Waals surface area contributed by atoms with Crippen LogP contribution >= 0.6 is 45.2 Å². The van der Waals surface area contributed by atoms with Crippen LogP contribution in [-0.2, 0) is 28.7 Å². The first-order chi connectivity index (χ1) is 9.15. The molecule has 114 valence electrons. The van der Waals surface area contributed by atoms with Crippen LogP contribution in [0.1, 0.15) is 12.8 Å². The molecule has 0 fully saturated rings. The van der Waals surface area contributed by atoms with E-state index in [0.717, 1.165) is 0 Å². The monoisotopic (exact) mass is 513 g/mol. The van der Waals surface area contributed by atoms with Gasteiger partial charge in [0.1, 0.15) is 6.04 Å². The van der Waals surface area contributed by atoms with Gasteiger partial charge in [-0.25, -0.2) is 0 Å². The zero-order valence-corrected chi connectivity index (χ0v) is 14.4. The van der Waals surface area contributed by atoms with Gasteiger partial charge in [-0.05, 0) is 51.6 Å². The molecule has 0 aliphatic carbocycles. The molecule has 9 nitrogen and oxygen atoms in total. The average Bonchev–Trinajstić information content (AvgIpc) is 2.35. The summed E-state index contributed by atoms with van der Waals surface area (Å²) in [5.74, 6) is -3.21. The standard InChI is InChI=1S/C9H13I2N3O6/c10-5(7(13)16)19-4(15)2-1-3(12)9(18)20-6(11)8(14)17/h3,5-6H,1-2,12H2,(H2,13,16)(H2,14,17)/t3-,5?,6?/m0/s1. The molecule has 0 aliphatic rings. The SMILES string of the molecule is NC(=O)C(I)OC(=O)CC[C@H](N)C(=O)OC(I)C(N)=O. The second-order valence-electron chi connectivity index (χ2n) is 3.51. The highest BCUT2D eigenvalue weighted by atomic mass is 127. The Balaban J connectivity index is 4.12. The molecule has 0 saturated carbocycles. The minimum absolute atomic E-state index is 0.0675. The van der Waals surface area contributed by atoms with Crippen molar-refractivity contribution in [1.29, 1.82) is 0 Å². The number of hydrogen-bond acceptors (Lipinski definition) is 7. The van der Waals surface area contributed by atoms with E-state index in [-0.39, 0.29) is 12.8 Å². The first kappa shape index (κ1) is 19.3. The van der Waals surface area contributed by atoms with Crippen LogP contribution in [0, 0.1) is 0 Å². The summed E-state index contributed by atoms with van der Waals surface area (Å²) in [6.07, 6.45) is -0.270. The minimum atomic E-state index is -1.13. The topological polar surface area (TPSA) is 165 Å². The van der Waals surface area contributed by atoms with Gasteiger partial charge in [-0.3, -0.25) is 19.2 Å². The Labute approximate surface area is 141 Å². The lowest BCUT2D eigenvalue weighted by Crippen LogP contribution is -2.38. The van der Waals surface area contributed by atoms with Crippen molar-refractivity contribution in [2.75, 3.05) is 0 Å². The molecular formula is C9H13I2N3O6. The summed E-state index contributed by atoms with van der Waals surface area (Å²) < 4.78 is 7.08. The number of rotatable bonds is 8. The zero-order valence-electron chi connectivity index (χ0n) is 10.1. The third-order valence-corrected chi connectivity index (χ3v) is 3.60. The lowest BCUT2D eigenvalue weighted by Gasteiger charge is -2.13. The zero-order chi connectivity index (χ0) is 15.9. The molecule has 0 rings (SSSR count). The Bertz CT molecular complexity index is 405. The highest BCUT2D eigenvalue weighted by Crippen LogP contribution is 2.08.